The van der Waals surface area contributed by atoms with Crippen LogP contribution in [0.4, 0.5) is 4.39 Å². The lowest BCUT2D eigenvalue weighted by molar-refractivity contribution is -0.140. The Bertz CT molecular complexity index is 637. The molecular formula is C18H21FN2O3. The predicted molar refractivity (Wildman–Crippen MR) is 85.0 cm³/mol. The van der Waals surface area contributed by atoms with Gasteiger partial charge in [0, 0.05) is 25.1 Å². The predicted octanol–water partition coefficient (Wildman–Crippen LogP) is 2.01. The van der Waals surface area contributed by atoms with Crippen LogP contribution in [-0.4, -0.2) is 29.2 Å². The normalized spacial score (nSPS) is 23.3. The van der Waals surface area contributed by atoms with Crippen LogP contribution in [0.1, 0.15) is 37.7 Å². The van der Waals surface area contributed by atoms with Gasteiger partial charge in [0.15, 0.2) is 0 Å². The van der Waals surface area contributed by atoms with E-state index in [2.05, 4.69) is 5.32 Å². The van der Waals surface area contributed by atoms with Crippen LogP contribution < -0.4 is 5.32 Å². The molecule has 128 valence electrons. The van der Waals surface area contributed by atoms with Crippen LogP contribution in [-0.2, 0) is 20.9 Å². The minimum absolute atomic E-state index is 0.0470. The second kappa shape index (κ2) is 7.11. The molecule has 1 aliphatic carbocycles. The van der Waals surface area contributed by atoms with Crippen LogP contribution in [0.25, 0.3) is 0 Å². The van der Waals surface area contributed by atoms with Crippen LogP contribution in [0.5, 0.6) is 0 Å². The molecular weight excluding hydrogens is 311 g/mol. The van der Waals surface area contributed by atoms with Crippen molar-refractivity contribution in [3.63, 3.8) is 0 Å². The van der Waals surface area contributed by atoms with Crippen molar-refractivity contribution in [1.29, 1.82) is 0 Å². The quantitative estimate of drug-likeness (QED) is 0.839. The summed E-state index contributed by atoms with van der Waals surface area (Å²) in [6.07, 6.45) is 3.55. The molecule has 1 aliphatic heterocycles. The molecule has 1 aromatic carbocycles. The highest BCUT2D eigenvalue weighted by Gasteiger charge is 2.47. The number of fused-ring (bicyclic) bond motifs is 1. The molecule has 2 aliphatic rings. The van der Waals surface area contributed by atoms with Crippen molar-refractivity contribution in [3.8, 4) is 0 Å². The van der Waals surface area contributed by atoms with E-state index >= 15 is 0 Å². The van der Waals surface area contributed by atoms with E-state index < -0.39 is 0 Å². The van der Waals surface area contributed by atoms with Gasteiger partial charge in [0.25, 0.3) is 0 Å². The summed E-state index contributed by atoms with van der Waals surface area (Å²) in [5, 5.41) is 2.63. The third kappa shape index (κ3) is 3.32. The van der Waals surface area contributed by atoms with Crippen molar-refractivity contribution >= 4 is 17.7 Å². The summed E-state index contributed by atoms with van der Waals surface area (Å²) in [6.45, 7) is 0.201. The highest BCUT2D eigenvalue weighted by atomic mass is 19.1. The van der Waals surface area contributed by atoms with Crippen LogP contribution in [0.3, 0.4) is 0 Å². The lowest BCUT2D eigenvalue weighted by Gasteiger charge is -2.19. The second-order valence-corrected chi connectivity index (χ2v) is 6.44. The smallest absolute Gasteiger partial charge is 0.233 e. The number of imide groups is 1. The molecule has 6 heteroatoms. The van der Waals surface area contributed by atoms with Gasteiger partial charge >= 0.3 is 0 Å². The summed E-state index contributed by atoms with van der Waals surface area (Å²) in [4.78, 5) is 37.8. The lowest BCUT2D eigenvalue weighted by atomic mass is 9.81. The third-order valence-electron chi connectivity index (χ3n) is 4.93. The minimum atomic E-state index is -0.369. The molecule has 1 heterocycles. The molecule has 1 saturated heterocycles. The molecule has 3 rings (SSSR count). The van der Waals surface area contributed by atoms with Gasteiger partial charge in [-0.25, -0.2) is 4.39 Å². The maximum absolute atomic E-state index is 13.5. The Balaban J connectivity index is 1.50. The molecule has 2 atom stereocenters. The Hall–Kier alpha value is -2.24. The van der Waals surface area contributed by atoms with E-state index in [0.29, 0.717) is 5.56 Å². The standard InChI is InChI=1S/C18H21FN2O3/c19-15-8-4-1-5-12(15)11-20-16(22)9-10-21-17(23)13-6-2-3-7-14(13)18(21)24/h1,4-5,8,13-14H,2-3,6-7,9-11H2,(H,20,22)/t13-,14+. The van der Waals surface area contributed by atoms with Gasteiger partial charge in [0.05, 0.1) is 11.8 Å². The van der Waals surface area contributed by atoms with Crippen molar-refractivity contribution in [3.05, 3.63) is 35.6 Å². The first kappa shape index (κ1) is 16.6. The van der Waals surface area contributed by atoms with Gasteiger partial charge in [-0.3, -0.25) is 19.3 Å². The number of nitrogens with zero attached hydrogens (tertiary/aromatic N) is 1. The second-order valence-electron chi connectivity index (χ2n) is 6.44. The maximum Gasteiger partial charge on any atom is 0.233 e. The molecule has 0 spiro atoms. The molecule has 0 aromatic heterocycles. The molecule has 5 nitrogen and oxygen atoms in total. The molecule has 0 bridgehead atoms. The number of carbonyl (C=O) groups excluding carboxylic acids is 3. The molecule has 24 heavy (non-hydrogen) atoms. The van der Waals surface area contributed by atoms with Crippen LogP contribution in [0.2, 0.25) is 0 Å². The molecule has 3 amide bonds. The van der Waals surface area contributed by atoms with E-state index in [1.165, 1.54) is 11.0 Å². The summed E-state index contributed by atoms with van der Waals surface area (Å²) in [5.74, 6) is -1.31. The summed E-state index contributed by atoms with van der Waals surface area (Å²) < 4.78 is 13.5. The van der Waals surface area contributed by atoms with Crippen molar-refractivity contribution in [2.24, 2.45) is 11.8 Å². The molecule has 1 saturated carbocycles. The zero-order valence-electron chi connectivity index (χ0n) is 13.5. The molecule has 2 fully saturated rings. The van der Waals surface area contributed by atoms with E-state index in [1.807, 2.05) is 0 Å². The van der Waals surface area contributed by atoms with E-state index in [1.54, 1.807) is 18.2 Å². The first-order valence-corrected chi connectivity index (χ1v) is 8.43. The first-order chi connectivity index (χ1) is 11.6. The van der Waals surface area contributed by atoms with Crippen LogP contribution in [0.15, 0.2) is 24.3 Å². The zero-order chi connectivity index (χ0) is 17.1. The number of likely N-dealkylation sites (tertiary alicyclic amines) is 1. The molecule has 0 unspecified atom stereocenters. The Morgan fingerprint density at radius 2 is 1.75 bits per heavy atom. The van der Waals surface area contributed by atoms with E-state index in [9.17, 15) is 18.8 Å². The van der Waals surface area contributed by atoms with Crippen molar-refractivity contribution in [1.82, 2.24) is 10.2 Å². The van der Waals surface area contributed by atoms with E-state index in [0.717, 1.165) is 25.7 Å². The van der Waals surface area contributed by atoms with Gasteiger partial charge in [-0.2, -0.15) is 0 Å². The maximum atomic E-state index is 13.5. The monoisotopic (exact) mass is 332 g/mol. The largest absolute Gasteiger partial charge is 0.352 e. The van der Waals surface area contributed by atoms with Crippen molar-refractivity contribution in [2.75, 3.05) is 6.54 Å². The van der Waals surface area contributed by atoms with E-state index in [4.69, 9.17) is 0 Å². The Labute approximate surface area is 140 Å². The number of halogens is 1. The van der Waals surface area contributed by atoms with Gasteiger partial charge in [-0.05, 0) is 18.9 Å². The number of benzene rings is 1. The Morgan fingerprint density at radius 1 is 1.12 bits per heavy atom. The first-order valence-electron chi connectivity index (χ1n) is 8.43. The molecule has 1 aromatic rings. The summed E-state index contributed by atoms with van der Waals surface area (Å²) >= 11 is 0. The zero-order valence-corrected chi connectivity index (χ0v) is 13.5. The van der Waals surface area contributed by atoms with Gasteiger partial charge in [0.2, 0.25) is 17.7 Å². The number of nitrogens with one attached hydrogen (secondary N) is 1. The molecule has 1 N–H and O–H groups in total. The molecule has 0 radical (unpaired) electrons. The van der Waals surface area contributed by atoms with Crippen LogP contribution in [0, 0.1) is 17.7 Å². The number of hydrogen-bond acceptors (Lipinski definition) is 3. The fourth-order valence-corrected chi connectivity index (χ4v) is 3.59. The highest BCUT2D eigenvalue weighted by molar-refractivity contribution is 6.05. The number of carbonyl (C=O) groups is 3. The lowest BCUT2D eigenvalue weighted by Crippen LogP contribution is -2.35. The number of amides is 3. The number of rotatable bonds is 5. The van der Waals surface area contributed by atoms with Crippen LogP contribution >= 0.6 is 0 Å². The fraction of sp³-hybridized carbons (Fsp3) is 0.500. The average molecular weight is 332 g/mol. The van der Waals surface area contributed by atoms with Gasteiger partial charge in [0.1, 0.15) is 5.82 Å². The number of hydrogen-bond donors (Lipinski definition) is 1. The van der Waals surface area contributed by atoms with Gasteiger partial charge in [-0.15, -0.1) is 0 Å². The topological polar surface area (TPSA) is 66.5 Å². The van der Waals surface area contributed by atoms with Crippen molar-refractivity contribution in [2.45, 2.75) is 38.6 Å². The summed E-state index contributed by atoms with van der Waals surface area (Å²) in [7, 11) is 0. The minimum Gasteiger partial charge on any atom is -0.352 e. The fourth-order valence-electron chi connectivity index (χ4n) is 3.59. The Kier molecular flexibility index (Phi) is 4.92. The summed E-state index contributed by atoms with van der Waals surface area (Å²) in [6, 6.07) is 6.23. The van der Waals surface area contributed by atoms with Gasteiger partial charge < -0.3 is 5.32 Å². The van der Waals surface area contributed by atoms with E-state index in [-0.39, 0.29) is 54.9 Å². The van der Waals surface area contributed by atoms with Crippen molar-refractivity contribution < 1.29 is 18.8 Å². The Morgan fingerprint density at radius 3 is 2.38 bits per heavy atom. The summed E-state index contributed by atoms with van der Waals surface area (Å²) in [5.41, 5.74) is 0.408. The SMILES string of the molecule is O=C(CCN1C(=O)[C@H]2CCCC[C@H]2C1=O)NCc1ccccc1F. The van der Waals surface area contributed by atoms with Gasteiger partial charge in [-0.1, -0.05) is 31.0 Å². The highest BCUT2D eigenvalue weighted by Crippen LogP contribution is 2.37. The average Bonchev–Trinajstić information content (AvgIpc) is 2.84. The third-order valence-corrected chi connectivity index (χ3v) is 4.93.